The summed E-state index contributed by atoms with van der Waals surface area (Å²) in [5.74, 6) is -0.937. The summed E-state index contributed by atoms with van der Waals surface area (Å²) >= 11 is 3.20. The van der Waals surface area contributed by atoms with Gasteiger partial charge >= 0.3 is 5.97 Å². The number of aromatic carboxylic acids is 1. The zero-order chi connectivity index (χ0) is 10.7. The normalized spacial score (nSPS) is 10.3. The molecule has 2 N–H and O–H groups in total. The van der Waals surface area contributed by atoms with Crippen LogP contribution in [0.2, 0.25) is 0 Å². The van der Waals surface area contributed by atoms with Crippen LogP contribution in [-0.2, 0) is 0 Å². The molecule has 0 aliphatic carbocycles. The van der Waals surface area contributed by atoms with Crippen molar-refractivity contribution in [1.82, 2.24) is 5.01 Å². The first-order valence-corrected chi connectivity index (χ1v) is 4.77. The van der Waals surface area contributed by atoms with Gasteiger partial charge in [0.15, 0.2) is 0 Å². The lowest BCUT2D eigenvalue weighted by Crippen LogP contribution is -2.19. The van der Waals surface area contributed by atoms with Crippen LogP contribution in [0.4, 0.5) is 5.69 Å². The molecule has 0 spiro atoms. The molecule has 0 aliphatic rings. The molecule has 0 amide bonds. The molecule has 5 heteroatoms. The van der Waals surface area contributed by atoms with Crippen LogP contribution in [0, 0.1) is 0 Å². The summed E-state index contributed by atoms with van der Waals surface area (Å²) in [5.41, 5.74) is 4.12. The Morgan fingerprint density at radius 3 is 2.57 bits per heavy atom. The van der Waals surface area contributed by atoms with E-state index in [2.05, 4.69) is 21.4 Å². The fraction of sp³-hybridized carbons (Fsp3) is 0.222. The third-order valence-corrected chi connectivity index (χ3v) is 2.21. The summed E-state index contributed by atoms with van der Waals surface area (Å²) in [6, 6.07) is 5.00. The maximum atomic E-state index is 10.7. The molecule has 1 aromatic carbocycles. The number of hydrazine groups is 1. The number of carboxylic acid groups (broad SMARTS) is 1. The van der Waals surface area contributed by atoms with Crippen molar-refractivity contribution in [1.29, 1.82) is 0 Å². The lowest BCUT2D eigenvalue weighted by atomic mass is 10.2. The number of nitrogens with one attached hydrogen (secondary N) is 1. The number of carboxylic acids is 1. The minimum absolute atomic E-state index is 0.259. The minimum Gasteiger partial charge on any atom is -0.478 e. The number of benzene rings is 1. The van der Waals surface area contributed by atoms with Crippen molar-refractivity contribution in [3.05, 3.63) is 28.2 Å². The summed E-state index contributed by atoms with van der Waals surface area (Å²) in [4.78, 5) is 10.7. The van der Waals surface area contributed by atoms with Crippen molar-refractivity contribution in [2.75, 3.05) is 19.5 Å². The van der Waals surface area contributed by atoms with Crippen molar-refractivity contribution in [3.8, 4) is 0 Å². The third-order valence-electron chi connectivity index (χ3n) is 1.55. The van der Waals surface area contributed by atoms with Crippen LogP contribution >= 0.6 is 15.9 Å². The Hall–Kier alpha value is -1.07. The van der Waals surface area contributed by atoms with Crippen LogP contribution < -0.4 is 5.43 Å². The van der Waals surface area contributed by atoms with Crippen LogP contribution in [0.25, 0.3) is 0 Å². The van der Waals surface area contributed by atoms with Crippen molar-refractivity contribution >= 4 is 27.6 Å². The highest BCUT2D eigenvalue weighted by Gasteiger charge is 2.08. The highest BCUT2D eigenvalue weighted by Crippen LogP contribution is 2.21. The molecule has 0 saturated carbocycles. The van der Waals surface area contributed by atoms with Crippen molar-refractivity contribution in [2.24, 2.45) is 0 Å². The van der Waals surface area contributed by atoms with E-state index in [1.807, 2.05) is 14.1 Å². The highest BCUT2D eigenvalue weighted by molar-refractivity contribution is 9.10. The van der Waals surface area contributed by atoms with Crippen molar-refractivity contribution in [3.63, 3.8) is 0 Å². The van der Waals surface area contributed by atoms with Gasteiger partial charge < -0.3 is 10.5 Å². The molecule has 0 aliphatic heterocycles. The Morgan fingerprint density at radius 2 is 2.14 bits per heavy atom. The van der Waals surface area contributed by atoms with Gasteiger partial charge in [-0.1, -0.05) is 0 Å². The number of hydrogen-bond acceptors (Lipinski definition) is 3. The van der Waals surface area contributed by atoms with Crippen LogP contribution in [0.5, 0.6) is 0 Å². The number of halogens is 1. The Morgan fingerprint density at radius 1 is 1.50 bits per heavy atom. The van der Waals surface area contributed by atoms with Crippen LogP contribution in [-0.4, -0.2) is 30.2 Å². The van der Waals surface area contributed by atoms with Gasteiger partial charge in [0.2, 0.25) is 0 Å². The molecule has 0 saturated heterocycles. The van der Waals surface area contributed by atoms with Gasteiger partial charge in [-0.2, -0.15) is 0 Å². The average molecular weight is 259 g/mol. The first kappa shape index (κ1) is 11.0. The molecule has 14 heavy (non-hydrogen) atoms. The van der Waals surface area contributed by atoms with E-state index in [1.54, 1.807) is 23.2 Å². The van der Waals surface area contributed by atoms with E-state index in [0.29, 0.717) is 4.47 Å². The van der Waals surface area contributed by atoms with Crippen molar-refractivity contribution < 1.29 is 9.90 Å². The predicted molar refractivity (Wildman–Crippen MR) is 58.4 cm³/mol. The smallest absolute Gasteiger partial charge is 0.336 e. The molecular formula is C9H11BrN2O2. The lowest BCUT2D eigenvalue weighted by molar-refractivity contribution is 0.0696. The van der Waals surface area contributed by atoms with Gasteiger partial charge in [-0.05, 0) is 34.1 Å². The van der Waals surface area contributed by atoms with Gasteiger partial charge in [0.25, 0.3) is 0 Å². The average Bonchev–Trinajstić information content (AvgIpc) is 2.01. The molecular weight excluding hydrogens is 248 g/mol. The van der Waals surface area contributed by atoms with E-state index in [-0.39, 0.29) is 5.56 Å². The number of rotatable bonds is 3. The minimum atomic E-state index is -0.937. The molecule has 1 rings (SSSR count). The van der Waals surface area contributed by atoms with Gasteiger partial charge in [0, 0.05) is 18.6 Å². The van der Waals surface area contributed by atoms with E-state index in [0.717, 1.165) is 5.69 Å². The van der Waals surface area contributed by atoms with Crippen LogP contribution in [0.1, 0.15) is 10.4 Å². The van der Waals surface area contributed by atoms with Gasteiger partial charge in [0.05, 0.1) is 11.3 Å². The first-order chi connectivity index (χ1) is 6.50. The summed E-state index contributed by atoms with van der Waals surface area (Å²) < 4.78 is 0.567. The first-order valence-electron chi connectivity index (χ1n) is 3.97. The van der Waals surface area contributed by atoms with Gasteiger partial charge in [0.1, 0.15) is 0 Å². The maximum absolute atomic E-state index is 10.7. The second kappa shape index (κ2) is 4.43. The van der Waals surface area contributed by atoms with Gasteiger partial charge in [-0.15, -0.1) is 0 Å². The Bertz CT molecular complexity index is 353. The quantitative estimate of drug-likeness (QED) is 0.815. The van der Waals surface area contributed by atoms with E-state index >= 15 is 0 Å². The van der Waals surface area contributed by atoms with E-state index in [9.17, 15) is 4.79 Å². The zero-order valence-electron chi connectivity index (χ0n) is 7.91. The standard InChI is InChI=1S/C9H11BrN2O2/c1-12(2)11-6-3-4-7(9(13)14)8(10)5-6/h3-5,11H,1-2H3,(H,13,14). The summed E-state index contributed by atoms with van der Waals surface area (Å²) in [6.45, 7) is 0. The topological polar surface area (TPSA) is 52.6 Å². The molecule has 0 bridgehead atoms. The number of anilines is 1. The molecule has 0 radical (unpaired) electrons. The fourth-order valence-electron chi connectivity index (χ4n) is 1.02. The summed E-state index contributed by atoms with van der Waals surface area (Å²) in [5, 5.41) is 10.6. The maximum Gasteiger partial charge on any atom is 0.336 e. The summed E-state index contributed by atoms with van der Waals surface area (Å²) in [6.07, 6.45) is 0. The van der Waals surface area contributed by atoms with Gasteiger partial charge in [-0.25, -0.2) is 9.80 Å². The molecule has 0 aromatic heterocycles. The Labute approximate surface area is 90.6 Å². The molecule has 0 heterocycles. The van der Waals surface area contributed by atoms with Crippen LogP contribution in [0.3, 0.4) is 0 Å². The fourth-order valence-corrected chi connectivity index (χ4v) is 1.56. The summed E-state index contributed by atoms with van der Waals surface area (Å²) in [7, 11) is 3.72. The molecule has 1 aromatic rings. The molecule has 0 unspecified atom stereocenters. The number of carbonyl (C=O) groups is 1. The largest absolute Gasteiger partial charge is 0.478 e. The van der Waals surface area contributed by atoms with E-state index in [1.165, 1.54) is 0 Å². The molecule has 76 valence electrons. The Balaban J connectivity index is 2.94. The third kappa shape index (κ3) is 2.71. The molecule has 0 atom stereocenters. The molecule has 4 nitrogen and oxygen atoms in total. The van der Waals surface area contributed by atoms with E-state index in [4.69, 9.17) is 5.11 Å². The predicted octanol–water partition coefficient (Wildman–Crippen LogP) is 2.04. The highest BCUT2D eigenvalue weighted by atomic mass is 79.9. The number of hydrogen-bond donors (Lipinski definition) is 2. The lowest BCUT2D eigenvalue weighted by Gasteiger charge is -2.13. The second-order valence-corrected chi connectivity index (χ2v) is 3.86. The van der Waals surface area contributed by atoms with Crippen molar-refractivity contribution in [2.45, 2.75) is 0 Å². The zero-order valence-corrected chi connectivity index (χ0v) is 9.50. The van der Waals surface area contributed by atoms with Crippen LogP contribution in [0.15, 0.2) is 22.7 Å². The van der Waals surface area contributed by atoms with Gasteiger partial charge in [-0.3, -0.25) is 0 Å². The number of nitrogens with zero attached hydrogens (tertiary/aromatic N) is 1. The van der Waals surface area contributed by atoms with E-state index < -0.39 is 5.97 Å². The molecule has 0 fully saturated rings. The second-order valence-electron chi connectivity index (χ2n) is 3.01. The monoisotopic (exact) mass is 258 g/mol. The SMILES string of the molecule is CN(C)Nc1ccc(C(=O)O)c(Br)c1. The Kier molecular flexibility index (Phi) is 3.49.